The van der Waals surface area contributed by atoms with Crippen LogP contribution < -0.4 is 4.74 Å². The largest absolute Gasteiger partial charge is 0.486 e. The number of ether oxygens (including phenoxy) is 1. The number of rotatable bonds is 3. The van der Waals surface area contributed by atoms with Crippen molar-refractivity contribution in [3.63, 3.8) is 0 Å². The van der Waals surface area contributed by atoms with Crippen LogP contribution in [0.1, 0.15) is 5.56 Å². The number of aromatic nitrogens is 1. The highest BCUT2D eigenvalue weighted by Crippen LogP contribution is 2.21. The Kier molecular flexibility index (Phi) is 3.54. The lowest BCUT2D eigenvalue weighted by molar-refractivity contribution is 0.289. The quantitative estimate of drug-likeness (QED) is 0.836. The number of pyridine rings is 1. The van der Waals surface area contributed by atoms with E-state index in [2.05, 4.69) is 4.98 Å². The van der Waals surface area contributed by atoms with Gasteiger partial charge in [-0.1, -0.05) is 11.6 Å². The van der Waals surface area contributed by atoms with Crippen molar-refractivity contribution in [3.05, 3.63) is 58.9 Å². The van der Waals surface area contributed by atoms with Crippen molar-refractivity contribution in [2.75, 3.05) is 0 Å². The summed E-state index contributed by atoms with van der Waals surface area (Å²) in [6, 6.07) is 5.37. The SMILES string of the molecule is Fc1cncc(COc2ccc(Cl)cc2F)c1. The van der Waals surface area contributed by atoms with Crippen molar-refractivity contribution in [3.8, 4) is 5.75 Å². The number of hydrogen-bond acceptors (Lipinski definition) is 2. The molecule has 0 bridgehead atoms. The molecule has 5 heteroatoms. The maximum absolute atomic E-state index is 13.3. The molecule has 0 aliphatic carbocycles. The molecule has 1 heterocycles. The van der Waals surface area contributed by atoms with Crippen LogP contribution >= 0.6 is 11.6 Å². The second-order valence-corrected chi connectivity index (χ2v) is 3.81. The zero-order valence-electron chi connectivity index (χ0n) is 8.66. The first-order valence-electron chi connectivity index (χ1n) is 4.82. The van der Waals surface area contributed by atoms with Gasteiger partial charge in [0.05, 0.1) is 6.20 Å². The Morgan fingerprint density at radius 3 is 2.71 bits per heavy atom. The van der Waals surface area contributed by atoms with E-state index in [-0.39, 0.29) is 12.4 Å². The van der Waals surface area contributed by atoms with Gasteiger partial charge in [-0.2, -0.15) is 0 Å². The number of benzene rings is 1. The molecular weight excluding hydrogens is 248 g/mol. The zero-order chi connectivity index (χ0) is 12.3. The third-order valence-electron chi connectivity index (χ3n) is 2.05. The smallest absolute Gasteiger partial charge is 0.166 e. The average Bonchev–Trinajstić information content (AvgIpc) is 2.28. The monoisotopic (exact) mass is 255 g/mol. The maximum Gasteiger partial charge on any atom is 0.166 e. The molecule has 1 aromatic heterocycles. The fourth-order valence-corrected chi connectivity index (χ4v) is 1.45. The lowest BCUT2D eigenvalue weighted by atomic mass is 10.3. The van der Waals surface area contributed by atoms with Gasteiger partial charge in [-0.25, -0.2) is 8.78 Å². The van der Waals surface area contributed by atoms with Crippen molar-refractivity contribution in [1.29, 1.82) is 0 Å². The van der Waals surface area contributed by atoms with Crippen molar-refractivity contribution < 1.29 is 13.5 Å². The Morgan fingerprint density at radius 1 is 1.18 bits per heavy atom. The van der Waals surface area contributed by atoms with Crippen LogP contribution in [-0.2, 0) is 6.61 Å². The van der Waals surface area contributed by atoms with Crippen molar-refractivity contribution in [2.45, 2.75) is 6.61 Å². The molecule has 0 radical (unpaired) electrons. The predicted octanol–water partition coefficient (Wildman–Crippen LogP) is 3.59. The summed E-state index contributed by atoms with van der Waals surface area (Å²) in [6.07, 6.45) is 2.54. The molecule has 0 spiro atoms. The first-order chi connectivity index (χ1) is 8.15. The van der Waals surface area contributed by atoms with Crippen LogP contribution in [0, 0.1) is 11.6 Å². The van der Waals surface area contributed by atoms with E-state index >= 15 is 0 Å². The number of nitrogens with zero attached hydrogens (tertiary/aromatic N) is 1. The highest BCUT2D eigenvalue weighted by Gasteiger charge is 2.04. The third kappa shape index (κ3) is 3.14. The Labute approximate surface area is 102 Å². The van der Waals surface area contributed by atoms with E-state index in [9.17, 15) is 8.78 Å². The van der Waals surface area contributed by atoms with E-state index < -0.39 is 11.6 Å². The van der Waals surface area contributed by atoms with Gasteiger partial charge in [-0.3, -0.25) is 4.98 Å². The molecule has 17 heavy (non-hydrogen) atoms. The molecule has 0 N–H and O–H groups in total. The topological polar surface area (TPSA) is 22.1 Å². The van der Waals surface area contributed by atoms with E-state index in [4.69, 9.17) is 16.3 Å². The zero-order valence-corrected chi connectivity index (χ0v) is 9.42. The van der Waals surface area contributed by atoms with Crippen molar-refractivity contribution in [1.82, 2.24) is 4.98 Å². The van der Waals surface area contributed by atoms with Crippen LogP contribution in [0.4, 0.5) is 8.78 Å². The highest BCUT2D eigenvalue weighted by molar-refractivity contribution is 6.30. The molecule has 0 saturated carbocycles. The minimum atomic E-state index is -0.554. The summed E-state index contributed by atoms with van der Waals surface area (Å²) in [5, 5.41) is 0.294. The summed E-state index contributed by atoms with van der Waals surface area (Å²) in [7, 11) is 0. The van der Waals surface area contributed by atoms with Crippen LogP contribution in [0.5, 0.6) is 5.75 Å². The van der Waals surface area contributed by atoms with Crippen molar-refractivity contribution in [2.24, 2.45) is 0 Å². The number of hydrogen-bond donors (Lipinski definition) is 0. The molecule has 0 aliphatic rings. The van der Waals surface area contributed by atoms with Gasteiger partial charge in [-0.15, -0.1) is 0 Å². The second kappa shape index (κ2) is 5.10. The van der Waals surface area contributed by atoms with E-state index in [1.54, 1.807) is 0 Å². The Hall–Kier alpha value is -1.68. The fourth-order valence-electron chi connectivity index (χ4n) is 1.29. The van der Waals surface area contributed by atoms with E-state index in [1.807, 2.05) is 0 Å². The molecule has 2 nitrogen and oxygen atoms in total. The summed E-state index contributed by atoms with van der Waals surface area (Å²) in [6.45, 7) is 0.0450. The summed E-state index contributed by atoms with van der Waals surface area (Å²) in [5.74, 6) is -0.941. The van der Waals surface area contributed by atoms with Gasteiger partial charge in [0, 0.05) is 16.8 Å². The Morgan fingerprint density at radius 2 is 2.00 bits per heavy atom. The summed E-state index contributed by atoms with van der Waals surface area (Å²) >= 11 is 5.60. The summed E-state index contributed by atoms with van der Waals surface area (Å²) < 4.78 is 31.3. The minimum absolute atomic E-state index is 0.0450. The lowest BCUT2D eigenvalue weighted by Crippen LogP contribution is -1.98. The van der Waals surface area contributed by atoms with Crippen LogP contribution in [0.3, 0.4) is 0 Å². The van der Waals surface area contributed by atoms with Gasteiger partial charge in [0.15, 0.2) is 11.6 Å². The van der Waals surface area contributed by atoms with Gasteiger partial charge in [0.2, 0.25) is 0 Å². The minimum Gasteiger partial charge on any atom is -0.486 e. The molecule has 0 amide bonds. The van der Waals surface area contributed by atoms with E-state index in [1.165, 1.54) is 24.4 Å². The lowest BCUT2D eigenvalue weighted by Gasteiger charge is -2.07. The van der Waals surface area contributed by atoms with Crippen molar-refractivity contribution >= 4 is 11.6 Å². The molecule has 0 aliphatic heterocycles. The maximum atomic E-state index is 13.3. The van der Waals surface area contributed by atoms with E-state index in [0.29, 0.717) is 10.6 Å². The number of halogens is 3. The average molecular weight is 256 g/mol. The molecule has 88 valence electrons. The molecule has 2 rings (SSSR count). The van der Waals surface area contributed by atoms with Gasteiger partial charge in [-0.05, 0) is 24.3 Å². The molecule has 0 saturated heterocycles. The van der Waals surface area contributed by atoms with E-state index in [0.717, 1.165) is 12.3 Å². The standard InChI is InChI=1S/C12H8ClF2NO/c13-9-1-2-12(11(15)4-9)17-7-8-3-10(14)6-16-5-8/h1-6H,7H2. The second-order valence-electron chi connectivity index (χ2n) is 3.37. The molecule has 2 aromatic rings. The normalized spacial score (nSPS) is 10.3. The van der Waals surface area contributed by atoms with Gasteiger partial charge in [0.25, 0.3) is 0 Å². The molecule has 0 fully saturated rings. The Balaban J connectivity index is 2.07. The fraction of sp³-hybridized carbons (Fsp3) is 0.0833. The molecule has 0 unspecified atom stereocenters. The van der Waals surface area contributed by atoms with Crippen LogP contribution in [0.15, 0.2) is 36.7 Å². The highest BCUT2D eigenvalue weighted by atomic mass is 35.5. The van der Waals surface area contributed by atoms with Gasteiger partial charge in [0.1, 0.15) is 12.4 Å². The van der Waals surface area contributed by atoms with Gasteiger partial charge >= 0.3 is 0 Å². The molecule has 0 atom stereocenters. The first-order valence-corrected chi connectivity index (χ1v) is 5.20. The van der Waals surface area contributed by atoms with Crippen LogP contribution in [0.25, 0.3) is 0 Å². The molecule has 1 aromatic carbocycles. The van der Waals surface area contributed by atoms with Crippen LogP contribution in [-0.4, -0.2) is 4.98 Å². The van der Waals surface area contributed by atoms with Gasteiger partial charge < -0.3 is 4.74 Å². The summed E-state index contributed by atoms with van der Waals surface area (Å²) in [5.41, 5.74) is 0.527. The molecular formula is C12H8ClF2NO. The first kappa shape index (κ1) is 11.8. The predicted molar refractivity (Wildman–Crippen MR) is 59.9 cm³/mol. The Bertz CT molecular complexity index is 534. The summed E-state index contributed by atoms with van der Waals surface area (Å²) in [4.78, 5) is 3.66. The van der Waals surface area contributed by atoms with Crippen LogP contribution in [0.2, 0.25) is 5.02 Å². The third-order valence-corrected chi connectivity index (χ3v) is 2.28.